The zero-order valence-corrected chi connectivity index (χ0v) is 25.8. The topological polar surface area (TPSA) is 13.1 Å². The Labute approximate surface area is 264 Å². The Morgan fingerprint density at radius 3 is 2.11 bits per heavy atom. The second kappa shape index (κ2) is 10.3. The third-order valence-corrected chi connectivity index (χ3v) is 10.4. The number of furan rings is 1. The number of fused-ring (bicyclic) bond motifs is 6. The summed E-state index contributed by atoms with van der Waals surface area (Å²) in [5.41, 5.74) is 12.7. The molecule has 6 aromatic rings. The standard InChI is InChI=1S/C44H36O/c1-27-15-19-33-31(23-27)11-8-14-34(33)44-36-13-7-6-12-35(36)43(37-20-16-28(2)24-40(37)44)32-18-22-42-39(26-32)38-25-30(17-21-41(38)45-42)29-9-4-3-5-10-29/h3-22,25-28,31,33H,23-24H2,1-2H3. The lowest BCUT2D eigenvalue weighted by molar-refractivity contribution is 0.433. The summed E-state index contributed by atoms with van der Waals surface area (Å²) in [5, 5.41) is 5.02. The van der Waals surface area contributed by atoms with Crippen molar-refractivity contribution in [1.29, 1.82) is 0 Å². The van der Waals surface area contributed by atoms with Crippen LogP contribution in [0.4, 0.5) is 0 Å². The van der Waals surface area contributed by atoms with Crippen molar-refractivity contribution in [3.8, 4) is 22.3 Å². The lowest BCUT2D eigenvalue weighted by atomic mass is 9.69. The lowest BCUT2D eigenvalue weighted by Crippen LogP contribution is -2.22. The van der Waals surface area contributed by atoms with Gasteiger partial charge >= 0.3 is 0 Å². The van der Waals surface area contributed by atoms with Crippen LogP contribution < -0.4 is 0 Å². The molecule has 0 fully saturated rings. The van der Waals surface area contributed by atoms with Crippen LogP contribution in [0.5, 0.6) is 0 Å². The van der Waals surface area contributed by atoms with Crippen molar-refractivity contribution in [2.75, 3.05) is 0 Å². The molecule has 1 nitrogen and oxygen atoms in total. The first kappa shape index (κ1) is 26.5. The van der Waals surface area contributed by atoms with Gasteiger partial charge in [0.25, 0.3) is 0 Å². The maximum Gasteiger partial charge on any atom is 0.135 e. The molecule has 45 heavy (non-hydrogen) atoms. The molecule has 0 bridgehead atoms. The number of rotatable bonds is 3. The van der Waals surface area contributed by atoms with E-state index in [1.165, 1.54) is 67.1 Å². The van der Waals surface area contributed by atoms with Crippen LogP contribution in [0, 0.1) is 23.7 Å². The third-order valence-electron chi connectivity index (χ3n) is 10.4. The van der Waals surface area contributed by atoms with Gasteiger partial charge in [-0.25, -0.2) is 0 Å². The smallest absolute Gasteiger partial charge is 0.135 e. The quantitative estimate of drug-likeness (QED) is 0.190. The summed E-state index contributed by atoms with van der Waals surface area (Å²) in [4.78, 5) is 0. The van der Waals surface area contributed by atoms with E-state index in [9.17, 15) is 0 Å². The molecule has 0 radical (unpaired) electrons. The SMILES string of the molecule is CC1C=Cc2c(c(C3=CC=CC4CC(C)C=CC34)c3ccccc3c2-c2ccc3oc4ccc(-c5ccccc5)cc4c3c2)C1. The monoisotopic (exact) mass is 580 g/mol. The highest BCUT2D eigenvalue weighted by Gasteiger charge is 2.32. The van der Waals surface area contributed by atoms with Crippen LogP contribution >= 0.6 is 0 Å². The predicted octanol–water partition coefficient (Wildman–Crippen LogP) is 12.1. The molecule has 1 heteroatoms. The average Bonchev–Trinajstić information content (AvgIpc) is 3.44. The molecule has 9 rings (SSSR count). The van der Waals surface area contributed by atoms with Gasteiger partial charge in [-0.1, -0.05) is 123 Å². The van der Waals surface area contributed by atoms with Crippen LogP contribution in [0.3, 0.4) is 0 Å². The fraction of sp³-hybridized carbons (Fsp3) is 0.182. The minimum atomic E-state index is 0.429. The van der Waals surface area contributed by atoms with Crippen molar-refractivity contribution < 1.29 is 4.42 Å². The molecule has 3 aliphatic rings. The van der Waals surface area contributed by atoms with Crippen LogP contribution in [-0.2, 0) is 6.42 Å². The number of hydrogen-bond donors (Lipinski definition) is 0. The summed E-state index contributed by atoms with van der Waals surface area (Å²) >= 11 is 0. The molecule has 3 aliphatic carbocycles. The molecule has 0 amide bonds. The van der Waals surface area contributed by atoms with E-state index in [1.807, 2.05) is 0 Å². The molecule has 4 atom stereocenters. The molecule has 1 aromatic heterocycles. The molecule has 0 N–H and O–H groups in total. The zero-order chi connectivity index (χ0) is 30.1. The molecular weight excluding hydrogens is 544 g/mol. The van der Waals surface area contributed by atoms with E-state index in [0.717, 1.165) is 23.0 Å². The third kappa shape index (κ3) is 4.29. The van der Waals surface area contributed by atoms with Crippen molar-refractivity contribution in [2.45, 2.75) is 26.7 Å². The number of benzene rings is 5. The highest BCUT2D eigenvalue weighted by Crippen LogP contribution is 2.49. The summed E-state index contributed by atoms with van der Waals surface area (Å²) in [5.74, 6) is 2.12. The van der Waals surface area contributed by atoms with E-state index in [-0.39, 0.29) is 0 Å². The fourth-order valence-corrected chi connectivity index (χ4v) is 8.24. The second-order valence-electron chi connectivity index (χ2n) is 13.4. The van der Waals surface area contributed by atoms with E-state index in [0.29, 0.717) is 23.7 Å². The van der Waals surface area contributed by atoms with Gasteiger partial charge in [0, 0.05) is 16.7 Å². The molecule has 0 saturated carbocycles. The highest BCUT2D eigenvalue weighted by atomic mass is 16.3. The predicted molar refractivity (Wildman–Crippen MR) is 191 cm³/mol. The van der Waals surface area contributed by atoms with Gasteiger partial charge in [-0.15, -0.1) is 0 Å². The Morgan fingerprint density at radius 1 is 0.600 bits per heavy atom. The first-order valence-electron chi connectivity index (χ1n) is 16.5. The molecule has 5 aromatic carbocycles. The highest BCUT2D eigenvalue weighted by molar-refractivity contribution is 6.12. The van der Waals surface area contributed by atoms with Gasteiger partial charge in [-0.2, -0.15) is 0 Å². The Balaban J connectivity index is 1.29. The van der Waals surface area contributed by atoms with Crippen LogP contribution in [-0.4, -0.2) is 0 Å². The van der Waals surface area contributed by atoms with Gasteiger partial charge in [-0.3, -0.25) is 0 Å². The first-order chi connectivity index (χ1) is 22.1. The summed E-state index contributed by atoms with van der Waals surface area (Å²) in [6, 6.07) is 33.1. The van der Waals surface area contributed by atoms with Crippen LogP contribution in [0.2, 0.25) is 0 Å². The Hall–Kier alpha value is -4.88. The van der Waals surface area contributed by atoms with Gasteiger partial charge < -0.3 is 4.42 Å². The molecule has 0 aliphatic heterocycles. The van der Waals surface area contributed by atoms with Gasteiger partial charge in [0.1, 0.15) is 11.2 Å². The Morgan fingerprint density at radius 2 is 1.31 bits per heavy atom. The lowest BCUT2D eigenvalue weighted by Gasteiger charge is -2.35. The Bertz CT molecular complexity index is 2250. The summed E-state index contributed by atoms with van der Waals surface area (Å²) in [6.45, 7) is 4.70. The summed E-state index contributed by atoms with van der Waals surface area (Å²) in [7, 11) is 0. The van der Waals surface area contributed by atoms with Crippen molar-refractivity contribution in [3.05, 3.63) is 144 Å². The fourth-order valence-electron chi connectivity index (χ4n) is 8.24. The zero-order valence-electron chi connectivity index (χ0n) is 25.8. The molecule has 0 spiro atoms. The van der Waals surface area contributed by atoms with E-state index >= 15 is 0 Å². The van der Waals surface area contributed by atoms with Crippen molar-refractivity contribution in [3.63, 3.8) is 0 Å². The van der Waals surface area contributed by atoms with Gasteiger partial charge in [-0.05, 0) is 110 Å². The molecule has 0 saturated heterocycles. The summed E-state index contributed by atoms with van der Waals surface area (Å²) in [6.07, 6.45) is 19.2. The van der Waals surface area contributed by atoms with Gasteiger partial charge in [0.05, 0.1) is 0 Å². The second-order valence-corrected chi connectivity index (χ2v) is 13.4. The van der Waals surface area contributed by atoms with Crippen molar-refractivity contribution in [2.24, 2.45) is 23.7 Å². The number of allylic oxidation sites excluding steroid dienone is 7. The van der Waals surface area contributed by atoms with E-state index < -0.39 is 0 Å². The summed E-state index contributed by atoms with van der Waals surface area (Å²) < 4.78 is 6.37. The van der Waals surface area contributed by atoms with Crippen LogP contribution in [0.15, 0.2) is 132 Å². The molecular formula is C44H36O. The largest absolute Gasteiger partial charge is 0.456 e. The van der Waals surface area contributed by atoms with E-state index in [2.05, 4.69) is 147 Å². The first-order valence-corrected chi connectivity index (χ1v) is 16.5. The van der Waals surface area contributed by atoms with E-state index in [1.54, 1.807) is 0 Å². The molecule has 4 unspecified atom stereocenters. The molecule has 1 heterocycles. The normalized spacial score (nSPS) is 22.1. The Kier molecular flexibility index (Phi) is 6.10. The maximum absolute atomic E-state index is 6.37. The average molecular weight is 581 g/mol. The molecule has 218 valence electrons. The van der Waals surface area contributed by atoms with Crippen LogP contribution in [0.25, 0.3) is 66.6 Å². The van der Waals surface area contributed by atoms with Gasteiger partial charge in [0.15, 0.2) is 0 Å². The van der Waals surface area contributed by atoms with Crippen molar-refractivity contribution in [1.82, 2.24) is 0 Å². The van der Waals surface area contributed by atoms with Crippen molar-refractivity contribution >= 4 is 44.4 Å². The minimum Gasteiger partial charge on any atom is -0.456 e. The number of hydrogen-bond acceptors (Lipinski definition) is 1. The van der Waals surface area contributed by atoms with Gasteiger partial charge in [0.2, 0.25) is 0 Å². The van der Waals surface area contributed by atoms with E-state index in [4.69, 9.17) is 4.42 Å². The maximum atomic E-state index is 6.37. The minimum absolute atomic E-state index is 0.429. The van der Waals surface area contributed by atoms with Crippen LogP contribution in [0.1, 0.15) is 37.0 Å².